The van der Waals surface area contributed by atoms with Gasteiger partial charge in [0, 0.05) is 0 Å². The van der Waals surface area contributed by atoms with Gasteiger partial charge in [0.05, 0.1) is 7.11 Å². The molecule has 0 amide bonds. The van der Waals surface area contributed by atoms with Crippen molar-refractivity contribution in [2.45, 2.75) is 37.6 Å². The lowest BCUT2D eigenvalue weighted by atomic mass is 9.82. The van der Waals surface area contributed by atoms with Crippen molar-refractivity contribution < 1.29 is 9.53 Å². The predicted molar refractivity (Wildman–Crippen MR) is 59.7 cm³/mol. The third-order valence-electron chi connectivity index (χ3n) is 2.56. The van der Waals surface area contributed by atoms with Crippen LogP contribution in [0.1, 0.15) is 32.1 Å². The topological polar surface area (TPSA) is 64.3 Å². The third kappa shape index (κ3) is 3.28. The van der Waals surface area contributed by atoms with Gasteiger partial charge in [-0.1, -0.05) is 19.3 Å². The molecule has 0 atom stereocenters. The Morgan fingerprint density at radius 3 is 2.14 bits per heavy atom. The van der Waals surface area contributed by atoms with Crippen LogP contribution in [0.25, 0.3) is 0 Å². The zero-order valence-corrected chi connectivity index (χ0v) is 9.88. The number of rotatable bonds is 2. The van der Waals surface area contributed by atoms with Gasteiger partial charge in [-0.15, -0.1) is 24.8 Å². The van der Waals surface area contributed by atoms with E-state index in [1.54, 1.807) is 0 Å². The lowest BCUT2D eigenvalue weighted by molar-refractivity contribution is -0.150. The lowest BCUT2D eigenvalue weighted by Crippen LogP contribution is -2.56. The Morgan fingerprint density at radius 2 is 1.79 bits per heavy atom. The number of nitrogens with two attached hydrogens (primary N) is 1. The van der Waals surface area contributed by atoms with Crippen LogP contribution >= 0.6 is 24.8 Å². The van der Waals surface area contributed by atoms with Crippen LogP contribution in [-0.4, -0.2) is 18.6 Å². The van der Waals surface area contributed by atoms with Crippen molar-refractivity contribution in [3.05, 3.63) is 0 Å². The minimum atomic E-state index is -0.604. The molecule has 0 aromatic heterocycles. The van der Waals surface area contributed by atoms with E-state index in [1.807, 2.05) is 0 Å². The monoisotopic (exact) mass is 244 g/mol. The molecule has 0 aliphatic heterocycles. The van der Waals surface area contributed by atoms with Gasteiger partial charge in [0.25, 0.3) is 0 Å². The molecule has 0 bridgehead atoms. The second-order valence-electron chi connectivity index (χ2n) is 3.28. The third-order valence-corrected chi connectivity index (χ3v) is 2.56. The number of halogens is 2. The summed E-state index contributed by atoms with van der Waals surface area (Å²) in [6.45, 7) is 0. The van der Waals surface area contributed by atoms with E-state index < -0.39 is 5.54 Å². The van der Waals surface area contributed by atoms with Crippen molar-refractivity contribution in [2.75, 3.05) is 7.11 Å². The SMILES string of the molecule is COC(=O)C1(NN)CCCCC1.Cl.Cl. The minimum absolute atomic E-state index is 0. The van der Waals surface area contributed by atoms with Gasteiger partial charge in [0.15, 0.2) is 0 Å². The Bertz CT molecular complexity index is 173. The molecule has 0 saturated heterocycles. The summed E-state index contributed by atoms with van der Waals surface area (Å²) in [4.78, 5) is 11.4. The molecule has 0 spiro atoms. The summed E-state index contributed by atoms with van der Waals surface area (Å²) >= 11 is 0. The standard InChI is InChI=1S/C8H16N2O2.2ClH/c1-12-7(11)8(10-9)5-3-2-4-6-8;;/h10H,2-6,9H2,1H3;2*1H. The Hall–Kier alpha value is -0.0300. The molecule has 0 radical (unpaired) electrons. The average Bonchev–Trinajstić information content (AvgIpc) is 2.17. The number of methoxy groups -OCH3 is 1. The highest BCUT2D eigenvalue weighted by Gasteiger charge is 2.39. The number of hydrogen-bond donors (Lipinski definition) is 2. The molecule has 0 heterocycles. The van der Waals surface area contributed by atoms with Crippen molar-refractivity contribution in [3.63, 3.8) is 0 Å². The first-order valence-electron chi connectivity index (χ1n) is 4.31. The summed E-state index contributed by atoms with van der Waals surface area (Å²) in [5, 5.41) is 0. The van der Waals surface area contributed by atoms with Gasteiger partial charge < -0.3 is 4.74 Å². The summed E-state index contributed by atoms with van der Waals surface area (Å²) in [6.07, 6.45) is 4.84. The molecule has 4 nitrogen and oxygen atoms in total. The number of esters is 1. The number of carbonyl (C=O) groups is 1. The van der Waals surface area contributed by atoms with Gasteiger partial charge in [-0.3, -0.25) is 10.6 Å². The van der Waals surface area contributed by atoms with Crippen LogP contribution in [0, 0.1) is 0 Å². The first-order chi connectivity index (χ1) is 5.75. The van der Waals surface area contributed by atoms with Gasteiger partial charge in [-0.25, -0.2) is 5.43 Å². The molecule has 1 aliphatic rings. The maximum atomic E-state index is 11.4. The molecule has 0 unspecified atom stereocenters. The smallest absolute Gasteiger partial charge is 0.327 e. The highest BCUT2D eigenvalue weighted by molar-refractivity contribution is 5.85. The Labute approximate surface area is 96.7 Å². The van der Waals surface area contributed by atoms with Crippen molar-refractivity contribution in [2.24, 2.45) is 5.84 Å². The molecule has 14 heavy (non-hydrogen) atoms. The molecular formula is C8H18Cl2N2O2. The average molecular weight is 245 g/mol. The first kappa shape index (κ1) is 16.4. The highest BCUT2D eigenvalue weighted by atomic mass is 35.5. The fraction of sp³-hybridized carbons (Fsp3) is 0.875. The number of ether oxygens (including phenoxy) is 1. The van der Waals surface area contributed by atoms with E-state index in [2.05, 4.69) is 5.43 Å². The molecule has 0 aromatic carbocycles. The normalized spacial score (nSPS) is 18.7. The first-order valence-corrected chi connectivity index (χ1v) is 4.31. The van der Waals surface area contributed by atoms with E-state index >= 15 is 0 Å². The maximum absolute atomic E-state index is 11.4. The van der Waals surface area contributed by atoms with E-state index in [0.717, 1.165) is 25.7 Å². The molecule has 1 fully saturated rings. The maximum Gasteiger partial charge on any atom is 0.327 e. The molecular weight excluding hydrogens is 227 g/mol. The number of hydrogen-bond acceptors (Lipinski definition) is 4. The van der Waals surface area contributed by atoms with Crippen LogP contribution < -0.4 is 11.3 Å². The molecule has 3 N–H and O–H groups in total. The van der Waals surface area contributed by atoms with E-state index in [0.29, 0.717) is 0 Å². The van der Waals surface area contributed by atoms with E-state index in [1.165, 1.54) is 13.5 Å². The Kier molecular flexibility index (Phi) is 8.54. The molecule has 6 heteroatoms. The van der Waals surface area contributed by atoms with Gasteiger partial charge in [-0.05, 0) is 12.8 Å². The van der Waals surface area contributed by atoms with Gasteiger partial charge in [0.1, 0.15) is 5.54 Å². The van der Waals surface area contributed by atoms with Gasteiger partial charge >= 0.3 is 5.97 Å². The van der Waals surface area contributed by atoms with Crippen LogP contribution in [0.4, 0.5) is 0 Å². The van der Waals surface area contributed by atoms with Crippen molar-refractivity contribution in [1.82, 2.24) is 5.43 Å². The number of nitrogens with one attached hydrogen (secondary N) is 1. The van der Waals surface area contributed by atoms with Crippen LogP contribution in [0.5, 0.6) is 0 Å². The fourth-order valence-electron chi connectivity index (χ4n) is 1.76. The lowest BCUT2D eigenvalue weighted by Gasteiger charge is -2.33. The second kappa shape index (κ2) is 7.29. The summed E-state index contributed by atoms with van der Waals surface area (Å²) in [5.74, 6) is 5.13. The zero-order chi connectivity index (χ0) is 9.03. The van der Waals surface area contributed by atoms with Crippen LogP contribution in [-0.2, 0) is 9.53 Å². The Balaban J connectivity index is 0. The van der Waals surface area contributed by atoms with Crippen LogP contribution in [0.2, 0.25) is 0 Å². The molecule has 0 aromatic rings. The zero-order valence-electron chi connectivity index (χ0n) is 8.25. The largest absolute Gasteiger partial charge is 0.468 e. The van der Waals surface area contributed by atoms with E-state index in [-0.39, 0.29) is 30.8 Å². The summed E-state index contributed by atoms with van der Waals surface area (Å²) in [7, 11) is 1.40. The quantitative estimate of drug-likeness (QED) is 0.435. The van der Waals surface area contributed by atoms with Crippen molar-refractivity contribution in [1.29, 1.82) is 0 Å². The second-order valence-corrected chi connectivity index (χ2v) is 3.28. The number of carbonyl (C=O) groups excluding carboxylic acids is 1. The van der Waals surface area contributed by atoms with E-state index in [4.69, 9.17) is 10.6 Å². The highest BCUT2D eigenvalue weighted by Crippen LogP contribution is 2.28. The minimum Gasteiger partial charge on any atom is -0.468 e. The van der Waals surface area contributed by atoms with Crippen LogP contribution in [0.3, 0.4) is 0 Å². The molecule has 1 aliphatic carbocycles. The summed E-state index contributed by atoms with van der Waals surface area (Å²) in [5.41, 5.74) is 1.99. The molecule has 1 rings (SSSR count). The van der Waals surface area contributed by atoms with Gasteiger partial charge in [0.2, 0.25) is 0 Å². The van der Waals surface area contributed by atoms with E-state index in [9.17, 15) is 4.79 Å². The summed E-state index contributed by atoms with van der Waals surface area (Å²) < 4.78 is 4.70. The fourth-order valence-corrected chi connectivity index (χ4v) is 1.76. The molecule has 86 valence electrons. The summed E-state index contributed by atoms with van der Waals surface area (Å²) in [6, 6.07) is 0. The molecule has 1 saturated carbocycles. The van der Waals surface area contributed by atoms with Crippen molar-refractivity contribution >= 4 is 30.8 Å². The Morgan fingerprint density at radius 1 is 1.29 bits per heavy atom. The predicted octanol–water partition coefficient (Wildman–Crippen LogP) is 1.17. The van der Waals surface area contributed by atoms with Gasteiger partial charge in [-0.2, -0.15) is 0 Å². The van der Waals surface area contributed by atoms with Crippen molar-refractivity contribution in [3.8, 4) is 0 Å². The van der Waals surface area contributed by atoms with Crippen LogP contribution in [0.15, 0.2) is 0 Å². The number of hydrazine groups is 1.